The molecule has 23 heavy (non-hydrogen) atoms. The molecule has 0 fully saturated rings. The molecule has 3 aromatic rings. The average Bonchev–Trinajstić information content (AvgIpc) is 2.88. The molecular formula is C17H15N3O3. The predicted octanol–water partition coefficient (Wildman–Crippen LogP) is 2.35. The first-order valence-electron chi connectivity index (χ1n) is 6.95. The van der Waals surface area contributed by atoms with Crippen LogP contribution in [0.5, 0.6) is 11.5 Å². The Morgan fingerprint density at radius 1 is 1.17 bits per heavy atom. The van der Waals surface area contributed by atoms with E-state index in [0.29, 0.717) is 11.1 Å². The quantitative estimate of drug-likeness (QED) is 0.394. The molecule has 0 bridgehead atoms. The van der Waals surface area contributed by atoms with Crippen LogP contribution in [0.25, 0.3) is 10.9 Å². The maximum atomic E-state index is 12.3. The molecule has 3 N–H and O–H groups in total. The van der Waals surface area contributed by atoms with E-state index in [2.05, 4.69) is 10.5 Å². The molecule has 1 aromatic heterocycles. The second-order valence-corrected chi connectivity index (χ2v) is 5.12. The SMILES string of the molecule is Cn1cc(C(=O)N/N=C/c2ccc(O)c(O)c2)c2ccccc21. The third-order valence-electron chi connectivity index (χ3n) is 3.52. The van der Waals surface area contributed by atoms with Crippen LogP contribution in [0.4, 0.5) is 0 Å². The molecule has 0 spiro atoms. The molecular weight excluding hydrogens is 294 g/mol. The Labute approximate surface area is 132 Å². The lowest BCUT2D eigenvalue weighted by Crippen LogP contribution is -2.17. The molecule has 1 amide bonds. The molecule has 0 unspecified atom stereocenters. The van der Waals surface area contributed by atoms with Gasteiger partial charge in [0, 0.05) is 24.1 Å². The van der Waals surface area contributed by atoms with E-state index in [0.717, 1.165) is 10.9 Å². The second-order valence-electron chi connectivity index (χ2n) is 5.12. The number of carbonyl (C=O) groups is 1. The van der Waals surface area contributed by atoms with Gasteiger partial charge in [-0.1, -0.05) is 18.2 Å². The van der Waals surface area contributed by atoms with Gasteiger partial charge in [-0.05, 0) is 29.8 Å². The van der Waals surface area contributed by atoms with Crippen LogP contribution in [0.2, 0.25) is 0 Å². The largest absolute Gasteiger partial charge is 0.504 e. The minimum absolute atomic E-state index is 0.207. The first-order valence-corrected chi connectivity index (χ1v) is 6.95. The zero-order chi connectivity index (χ0) is 16.4. The van der Waals surface area contributed by atoms with Gasteiger partial charge in [0.2, 0.25) is 0 Å². The average molecular weight is 309 g/mol. The zero-order valence-corrected chi connectivity index (χ0v) is 12.4. The van der Waals surface area contributed by atoms with Crippen molar-refractivity contribution in [3.8, 4) is 11.5 Å². The number of nitrogens with one attached hydrogen (secondary N) is 1. The lowest BCUT2D eigenvalue weighted by Gasteiger charge is -1.99. The van der Waals surface area contributed by atoms with E-state index in [-0.39, 0.29) is 17.4 Å². The third kappa shape index (κ3) is 2.87. The zero-order valence-electron chi connectivity index (χ0n) is 12.4. The summed E-state index contributed by atoms with van der Waals surface area (Å²) >= 11 is 0. The Morgan fingerprint density at radius 2 is 1.96 bits per heavy atom. The molecule has 6 nitrogen and oxygen atoms in total. The number of aromatic nitrogens is 1. The molecule has 3 rings (SSSR count). The van der Waals surface area contributed by atoms with Gasteiger partial charge in [-0.2, -0.15) is 5.10 Å². The number of aryl methyl sites for hydroxylation is 1. The summed E-state index contributed by atoms with van der Waals surface area (Å²) < 4.78 is 1.88. The Bertz CT molecular complexity index is 913. The maximum absolute atomic E-state index is 12.3. The van der Waals surface area contributed by atoms with E-state index < -0.39 is 0 Å². The van der Waals surface area contributed by atoms with Gasteiger partial charge in [0.1, 0.15) is 0 Å². The third-order valence-corrected chi connectivity index (χ3v) is 3.52. The number of benzene rings is 2. The first-order chi connectivity index (χ1) is 11.1. The Balaban J connectivity index is 1.78. The van der Waals surface area contributed by atoms with Crippen LogP contribution < -0.4 is 5.43 Å². The van der Waals surface area contributed by atoms with Gasteiger partial charge in [0.05, 0.1) is 11.8 Å². The van der Waals surface area contributed by atoms with Crippen LogP contribution in [0.1, 0.15) is 15.9 Å². The van der Waals surface area contributed by atoms with Crippen LogP contribution in [0, 0.1) is 0 Å². The summed E-state index contributed by atoms with van der Waals surface area (Å²) in [5.74, 6) is -0.766. The lowest BCUT2D eigenvalue weighted by molar-refractivity contribution is 0.0956. The van der Waals surface area contributed by atoms with Gasteiger partial charge < -0.3 is 14.8 Å². The Kier molecular flexibility index (Phi) is 3.72. The van der Waals surface area contributed by atoms with Gasteiger partial charge in [-0.25, -0.2) is 5.43 Å². The van der Waals surface area contributed by atoms with Gasteiger partial charge in [-0.15, -0.1) is 0 Å². The number of nitrogens with zero attached hydrogens (tertiary/aromatic N) is 2. The van der Waals surface area contributed by atoms with Crippen molar-refractivity contribution >= 4 is 23.0 Å². The highest BCUT2D eigenvalue weighted by Crippen LogP contribution is 2.24. The summed E-state index contributed by atoms with van der Waals surface area (Å²) in [7, 11) is 1.88. The summed E-state index contributed by atoms with van der Waals surface area (Å²) in [6.45, 7) is 0. The number of rotatable bonds is 3. The van der Waals surface area contributed by atoms with Crippen LogP contribution in [-0.2, 0) is 7.05 Å². The summed E-state index contributed by atoms with van der Waals surface area (Å²) in [5, 5.41) is 23.4. The molecule has 0 aliphatic heterocycles. The minimum atomic E-state index is -0.318. The summed E-state index contributed by atoms with van der Waals surface area (Å²) in [4.78, 5) is 12.3. The van der Waals surface area contributed by atoms with Crippen molar-refractivity contribution in [3.63, 3.8) is 0 Å². The van der Waals surface area contributed by atoms with Crippen molar-refractivity contribution in [1.82, 2.24) is 9.99 Å². The van der Waals surface area contributed by atoms with Gasteiger partial charge in [0.15, 0.2) is 11.5 Å². The highest BCUT2D eigenvalue weighted by Gasteiger charge is 2.12. The maximum Gasteiger partial charge on any atom is 0.273 e. The predicted molar refractivity (Wildman–Crippen MR) is 87.8 cm³/mol. The molecule has 2 aromatic carbocycles. The minimum Gasteiger partial charge on any atom is -0.504 e. The van der Waals surface area contributed by atoms with Gasteiger partial charge >= 0.3 is 0 Å². The molecule has 6 heteroatoms. The van der Waals surface area contributed by atoms with E-state index >= 15 is 0 Å². The van der Waals surface area contributed by atoms with Crippen LogP contribution in [-0.4, -0.2) is 26.9 Å². The van der Waals surface area contributed by atoms with Crippen molar-refractivity contribution in [2.45, 2.75) is 0 Å². The van der Waals surface area contributed by atoms with Crippen LogP contribution in [0.3, 0.4) is 0 Å². The number of phenolic OH excluding ortho intramolecular Hbond substituents is 2. The number of fused-ring (bicyclic) bond motifs is 1. The molecule has 0 aliphatic carbocycles. The van der Waals surface area contributed by atoms with E-state index in [4.69, 9.17) is 0 Å². The molecule has 116 valence electrons. The van der Waals surface area contributed by atoms with Crippen molar-refractivity contribution in [3.05, 3.63) is 59.8 Å². The van der Waals surface area contributed by atoms with E-state index in [1.807, 2.05) is 35.9 Å². The van der Waals surface area contributed by atoms with Gasteiger partial charge in [-0.3, -0.25) is 4.79 Å². The molecule has 1 heterocycles. The number of amides is 1. The van der Waals surface area contributed by atoms with Crippen molar-refractivity contribution in [1.29, 1.82) is 0 Å². The van der Waals surface area contributed by atoms with E-state index in [9.17, 15) is 15.0 Å². The van der Waals surface area contributed by atoms with E-state index in [1.165, 1.54) is 18.3 Å². The second kappa shape index (κ2) is 5.84. The molecule has 0 atom stereocenters. The highest BCUT2D eigenvalue weighted by atomic mass is 16.3. The molecule has 0 aliphatic rings. The molecule has 0 saturated heterocycles. The fourth-order valence-electron chi connectivity index (χ4n) is 2.37. The van der Waals surface area contributed by atoms with Crippen molar-refractivity contribution < 1.29 is 15.0 Å². The number of phenols is 2. The number of para-hydroxylation sites is 1. The van der Waals surface area contributed by atoms with Crippen LogP contribution in [0.15, 0.2) is 53.8 Å². The molecule has 0 saturated carbocycles. The monoisotopic (exact) mass is 309 g/mol. The fourth-order valence-corrected chi connectivity index (χ4v) is 2.37. The number of hydrogen-bond donors (Lipinski definition) is 3. The smallest absolute Gasteiger partial charge is 0.273 e. The van der Waals surface area contributed by atoms with Crippen molar-refractivity contribution in [2.75, 3.05) is 0 Å². The normalized spacial score (nSPS) is 11.2. The number of carbonyl (C=O) groups excluding carboxylic acids is 1. The fraction of sp³-hybridized carbons (Fsp3) is 0.0588. The van der Waals surface area contributed by atoms with Gasteiger partial charge in [0.25, 0.3) is 5.91 Å². The van der Waals surface area contributed by atoms with Crippen LogP contribution >= 0.6 is 0 Å². The number of hydrogen-bond acceptors (Lipinski definition) is 4. The Morgan fingerprint density at radius 3 is 2.74 bits per heavy atom. The lowest BCUT2D eigenvalue weighted by atomic mass is 10.2. The molecule has 0 radical (unpaired) electrons. The number of aromatic hydroxyl groups is 2. The highest BCUT2D eigenvalue weighted by molar-refractivity contribution is 6.07. The summed E-state index contributed by atoms with van der Waals surface area (Å²) in [5.41, 5.74) is 4.51. The van der Waals surface area contributed by atoms with Crippen molar-refractivity contribution in [2.24, 2.45) is 12.1 Å². The number of hydrazone groups is 1. The topological polar surface area (TPSA) is 86.9 Å². The first kappa shape index (κ1) is 14.6. The van der Waals surface area contributed by atoms with E-state index in [1.54, 1.807) is 12.3 Å². The summed E-state index contributed by atoms with van der Waals surface area (Å²) in [6, 6.07) is 11.9. The summed E-state index contributed by atoms with van der Waals surface area (Å²) in [6.07, 6.45) is 3.14. The standard InChI is InChI=1S/C17H15N3O3/c1-20-10-13(12-4-2-3-5-14(12)20)17(23)19-18-9-11-6-7-15(21)16(22)8-11/h2-10,21-22H,1H3,(H,19,23)/b18-9+. The Hall–Kier alpha value is -3.28.